The molecular formula is C13H9NSe. The molecule has 2 aromatic carbocycles. The Labute approximate surface area is 96.8 Å². The van der Waals surface area contributed by atoms with Crippen LogP contribution >= 0.6 is 0 Å². The maximum absolute atomic E-state index is 4.18. The summed E-state index contributed by atoms with van der Waals surface area (Å²) >= 11 is 2.65. The van der Waals surface area contributed by atoms with Gasteiger partial charge in [0.1, 0.15) is 0 Å². The average Bonchev–Trinajstić information content (AvgIpc) is 2.31. The molecule has 2 aromatic rings. The van der Waals surface area contributed by atoms with Gasteiger partial charge in [0.05, 0.1) is 0 Å². The van der Waals surface area contributed by atoms with Crippen LogP contribution < -0.4 is 0 Å². The quantitative estimate of drug-likeness (QED) is 0.580. The van der Waals surface area contributed by atoms with Crippen molar-refractivity contribution in [2.24, 2.45) is 4.99 Å². The predicted molar refractivity (Wildman–Crippen MR) is 64.7 cm³/mol. The Morgan fingerprint density at radius 1 is 0.867 bits per heavy atom. The van der Waals surface area contributed by atoms with Crippen LogP contribution in [0.5, 0.6) is 0 Å². The molecule has 1 nitrogen and oxygen atoms in total. The molecule has 0 aliphatic carbocycles. The fourth-order valence-corrected chi connectivity index (χ4v) is 1.69. The summed E-state index contributed by atoms with van der Waals surface area (Å²) in [5.74, 6) is 0. The molecule has 0 atom stereocenters. The third-order valence-corrected chi connectivity index (χ3v) is 2.35. The van der Waals surface area contributed by atoms with E-state index in [4.69, 9.17) is 0 Å². The van der Waals surface area contributed by atoms with Crippen molar-refractivity contribution in [2.75, 3.05) is 0 Å². The van der Waals surface area contributed by atoms with E-state index in [2.05, 4.69) is 43.5 Å². The van der Waals surface area contributed by atoms with E-state index in [1.807, 2.05) is 36.4 Å². The molecule has 0 radical (unpaired) electrons. The zero-order chi connectivity index (χ0) is 10.5. The number of hydrogen-bond acceptors (Lipinski definition) is 1. The second kappa shape index (κ2) is 4.86. The first-order chi connectivity index (χ1) is 7.42. The Kier molecular flexibility index (Phi) is 3.26. The monoisotopic (exact) mass is 259 g/mol. The Bertz CT molecular complexity index is 499. The summed E-state index contributed by atoms with van der Waals surface area (Å²) in [7, 11) is 0. The summed E-state index contributed by atoms with van der Waals surface area (Å²) in [5, 5.41) is 0. The number of rotatable bonds is 2. The molecule has 0 saturated heterocycles. The Morgan fingerprint density at radius 3 is 2.27 bits per heavy atom. The molecule has 0 unspecified atom stereocenters. The summed E-state index contributed by atoms with van der Waals surface area (Å²) in [6.45, 7) is 0. The van der Waals surface area contributed by atoms with Gasteiger partial charge < -0.3 is 0 Å². The van der Waals surface area contributed by atoms with Gasteiger partial charge in [-0.05, 0) is 0 Å². The van der Waals surface area contributed by atoms with E-state index in [0.717, 1.165) is 11.3 Å². The van der Waals surface area contributed by atoms with Gasteiger partial charge in [0, 0.05) is 0 Å². The molecule has 15 heavy (non-hydrogen) atoms. The van der Waals surface area contributed by atoms with Gasteiger partial charge in [-0.25, -0.2) is 0 Å². The second-order valence-corrected chi connectivity index (χ2v) is 3.47. The summed E-state index contributed by atoms with van der Waals surface area (Å²) in [6, 6.07) is 18.2. The van der Waals surface area contributed by atoms with E-state index in [-0.39, 0.29) is 0 Å². The predicted octanol–water partition coefficient (Wildman–Crippen LogP) is 3.06. The van der Waals surface area contributed by atoms with Gasteiger partial charge in [-0.1, -0.05) is 0 Å². The Balaban J connectivity index is 2.58. The van der Waals surface area contributed by atoms with Crippen molar-refractivity contribution in [1.82, 2.24) is 0 Å². The van der Waals surface area contributed by atoms with Crippen molar-refractivity contribution in [3.8, 4) is 11.1 Å². The number of benzene rings is 2. The zero-order valence-electron chi connectivity index (χ0n) is 8.05. The second-order valence-electron chi connectivity index (χ2n) is 3.09. The van der Waals surface area contributed by atoms with Gasteiger partial charge in [0.15, 0.2) is 0 Å². The van der Waals surface area contributed by atoms with Crippen LogP contribution in [-0.2, 0) is 0 Å². The number of hydrogen-bond donors (Lipinski definition) is 0. The molecule has 0 aliphatic heterocycles. The third kappa shape index (κ3) is 2.31. The fourth-order valence-electron chi connectivity index (χ4n) is 1.48. The van der Waals surface area contributed by atoms with Gasteiger partial charge in [0.25, 0.3) is 0 Å². The summed E-state index contributed by atoms with van der Waals surface area (Å²) < 4.78 is 2.69. The molecule has 72 valence electrons. The molecule has 0 heterocycles. The van der Waals surface area contributed by atoms with Crippen LogP contribution in [0.1, 0.15) is 0 Å². The summed E-state index contributed by atoms with van der Waals surface area (Å²) in [6.07, 6.45) is 0. The molecule has 0 aliphatic rings. The molecule has 0 amide bonds. The van der Waals surface area contributed by atoms with Crippen LogP contribution in [0, 0.1) is 0 Å². The molecule has 0 N–H and O–H groups in total. The van der Waals surface area contributed by atoms with Crippen LogP contribution in [0.2, 0.25) is 0 Å². The van der Waals surface area contributed by atoms with Crippen LogP contribution in [-0.4, -0.2) is 20.3 Å². The first-order valence-corrected chi connectivity index (χ1v) is 5.50. The minimum absolute atomic E-state index is 0.933. The van der Waals surface area contributed by atoms with Gasteiger partial charge in [-0.2, -0.15) is 0 Å². The summed E-state index contributed by atoms with van der Waals surface area (Å²) in [4.78, 5) is 4.18. The van der Waals surface area contributed by atoms with E-state index in [0.29, 0.717) is 0 Å². The van der Waals surface area contributed by atoms with Crippen LogP contribution in [0.15, 0.2) is 59.6 Å². The zero-order valence-corrected chi connectivity index (χ0v) is 9.76. The van der Waals surface area contributed by atoms with Gasteiger partial charge >= 0.3 is 96.7 Å². The van der Waals surface area contributed by atoms with Gasteiger partial charge in [-0.3, -0.25) is 0 Å². The van der Waals surface area contributed by atoms with Crippen LogP contribution in [0.25, 0.3) is 11.1 Å². The van der Waals surface area contributed by atoms with Crippen LogP contribution in [0.3, 0.4) is 0 Å². The molecule has 0 aromatic heterocycles. The molecule has 2 heteroatoms. The van der Waals surface area contributed by atoms with Crippen molar-refractivity contribution in [2.45, 2.75) is 0 Å². The summed E-state index contributed by atoms with van der Waals surface area (Å²) in [5.41, 5.74) is 3.23. The Hall–Kier alpha value is -1.46. The fraction of sp³-hybridized carbons (Fsp3) is 0. The molecule has 0 saturated carbocycles. The van der Waals surface area contributed by atoms with Crippen molar-refractivity contribution in [1.29, 1.82) is 0 Å². The molecule has 0 fully saturated rings. The maximum atomic E-state index is 4.18. The van der Waals surface area contributed by atoms with Crippen molar-refractivity contribution in [3.05, 3.63) is 54.6 Å². The molecular weight excluding hydrogens is 249 g/mol. The molecule has 2 rings (SSSR count). The molecule has 0 spiro atoms. The first kappa shape index (κ1) is 10.1. The van der Waals surface area contributed by atoms with Crippen molar-refractivity contribution < 1.29 is 0 Å². The topological polar surface area (TPSA) is 12.4 Å². The molecule has 0 bridgehead atoms. The Morgan fingerprint density at radius 2 is 1.53 bits per heavy atom. The van der Waals surface area contributed by atoms with Crippen molar-refractivity contribution >= 4 is 26.0 Å². The standard InChI is InChI=1S/C13H9NSe/c15-10-14-13-9-5-4-8-12(13)11-6-2-1-3-7-11/h1-9H. The van der Waals surface area contributed by atoms with Crippen molar-refractivity contribution in [3.63, 3.8) is 0 Å². The van der Waals surface area contributed by atoms with E-state index in [9.17, 15) is 0 Å². The van der Waals surface area contributed by atoms with E-state index in [1.54, 1.807) is 0 Å². The van der Waals surface area contributed by atoms with Gasteiger partial charge in [-0.15, -0.1) is 0 Å². The van der Waals surface area contributed by atoms with Gasteiger partial charge in [0.2, 0.25) is 0 Å². The first-order valence-electron chi connectivity index (χ1n) is 4.64. The number of nitrogens with zero attached hydrogens (tertiary/aromatic N) is 1. The van der Waals surface area contributed by atoms with E-state index in [1.165, 1.54) is 5.56 Å². The SMILES string of the molecule is [Se]=C=Nc1ccccc1-c1ccccc1. The van der Waals surface area contributed by atoms with E-state index >= 15 is 0 Å². The number of aliphatic imine (C=N–C) groups is 1. The van der Waals surface area contributed by atoms with Crippen LogP contribution in [0.4, 0.5) is 5.69 Å². The van der Waals surface area contributed by atoms with E-state index < -0.39 is 0 Å². The third-order valence-electron chi connectivity index (χ3n) is 2.15. The number of para-hydroxylation sites is 1. The minimum atomic E-state index is 0.933. The normalized spacial score (nSPS) is 9.33. The average molecular weight is 258 g/mol.